The van der Waals surface area contributed by atoms with E-state index in [4.69, 9.17) is 4.74 Å². The average molecular weight is 411 g/mol. The highest BCUT2D eigenvalue weighted by atomic mass is 16.5. The summed E-state index contributed by atoms with van der Waals surface area (Å²) in [5.74, 6) is -0.119. The quantitative estimate of drug-likeness (QED) is 0.571. The minimum atomic E-state index is -0.903. The van der Waals surface area contributed by atoms with Crippen molar-refractivity contribution in [2.45, 2.75) is 66.7 Å². The number of carboxylic acids is 1. The van der Waals surface area contributed by atoms with Gasteiger partial charge in [-0.25, -0.2) is 4.79 Å². The van der Waals surface area contributed by atoms with E-state index in [9.17, 15) is 14.7 Å². The van der Waals surface area contributed by atoms with Crippen molar-refractivity contribution in [3.63, 3.8) is 0 Å². The topological polar surface area (TPSA) is 63.6 Å². The van der Waals surface area contributed by atoms with Crippen LogP contribution in [0.25, 0.3) is 0 Å². The number of rotatable bonds is 8. The number of carboxylic acid groups (broad SMARTS) is 1. The van der Waals surface area contributed by atoms with E-state index in [2.05, 4.69) is 26.0 Å². The van der Waals surface area contributed by atoms with Crippen molar-refractivity contribution >= 4 is 11.8 Å². The number of benzene rings is 2. The van der Waals surface area contributed by atoms with Crippen molar-refractivity contribution < 1.29 is 19.4 Å². The van der Waals surface area contributed by atoms with E-state index >= 15 is 0 Å². The monoisotopic (exact) mass is 410 g/mol. The molecular weight excluding hydrogens is 376 g/mol. The van der Waals surface area contributed by atoms with Crippen molar-refractivity contribution in [1.82, 2.24) is 0 Å². The fourth-order valence-electron chi connectivity index (χ4n) is 3.90. The van der Waals surface area contributed by atoms with Gasteiger partial charge in [-0.05, 0) is 61.1 Å². The lowest BCUT2D eigenvalue weighted by Crippen LogP contribution is -2.27. The maximum Gasteiger partial charge on any atom is 0.335 e. The van der Waals surface area contributed by atoms with E-state index in [0.29, 0.717) is 5.56 Å². The molecule has 1 N–H and O–H groups in total. The van der Waals surface area contributed by atoms with E-state index < -0.39 is 11.4 Å². The second-order valence-corrected chi connectivity index (χ2v) is 9.07. The van der Waals surface area contributed by atoms with Gasteiger partial charge in [0.05, 0.1) is 5.56 Å². The van der Waals surface area contributed by atoms with Crippen LogP contribution >= 0.6 is 0 Å². The van der Waals surface area contributed by atoms with Crippen molar-refractivity contribution in [1.29, 1.82) is 0 Å². The Balaban J connectivity index is 2.41. The minimum absolute atomic E-state index is 0.0617. The molecule has 162 valence electrons. The summed E-state index contributed by atoms with van der Waals surface area (Å²) in [6.45, 7) is 13.9. The third-order valence-corrected chi connectivity index (χ3v) is 6.14. The maximum absolute atomic E-state index is 12.2. The third-order valence-electron chi connectivity index (χ3n) is 6.14. The number of Topliss-reactive ketones (excluding diaryl/α,β-unsaturated/α-hetero) is 1. The van der Waals surface area contributed by atoms with Gasteiger partial charge in [0.15, 0.2) is 5.78 Å². The summed E-state index contributed by atoms with van der Waals surface area (Å²) in [6.07, 6.45) is 1.77. The maximum atomic E-state index is 12.2. The predicted molar refractivity (Wildman–Crippen MR) is 121 cm³/mol. The van der Waals surface area contributed by atoms with Gasteiger partial charge in [-0.15, -0.1) is 0 Å². The highest BCUT2D eigenvalue weighted by molar-refractivity contribution is 5.89. The second-order valence-electron chi connectivity index (χ2n) is 9.07. The molecule has 0 atom stereocenters. The molecule has 0 aliphatic rings. The fourth-order valence-corrected chi connectivity index (χ4v) is 3.90. The molecule has 0 aliphatic carbocycles. The van der Waals surface area contributed by atoms with Crippen LogP contribution in [0.1, 0.15) is 80.1 Å². The number of ether oxygens (including phenoxy) is 1. The number of aromatic carboxylic acids is 1. The number of ketones is 1. The number of hydrogen-bond acceptors (Lipinski definition) is 3. The zero-order valence-electron chi connectivity index (χ0n) is 19.3. The fraction of sp³-hybridized carbons (Fsp3) is 0.462. The number of hydrogen-bond donors (Lipinski definition) is 1. The molecule has 2 aromatic rings. The Morgan fingerprint density at radius 1 is 0.900 bits per heavy atom. The van der Waals surface area contributed by atoms with Gasteiger partial charge in [-0.2, -0.15) is 0 Å². The molecule has 0 heterocycles. The summed E-state index contributed by atoms with van der Waals surface area (Å²) in [4.78, 5) is 23.6. The molecule has 0 saturated carbocycles. The van der Waals surface area contributed by atoms with Gasteiger partial charge in [0.25, 0.3) is 0 Å². The van der Waals surface area contributed by atoms with Crippen molar-refractivity contribution in [3.8, 4) is 5.75 Å². The second kappa shape index (κ2) is 9.03. The van der Waals surface area contributed by atoms with Crippen LogP contribution in [-0.4, -0.2) is 23.5 Å². The third kappa shape index (κ3) is 4.75. The van der Waals surface area contributed by atoms with E-state index in [1.807, 2.05) is 52.8 Å². The molecule has 0 aromatic heterocycles. The first-order chi connectivity index (χ1) is 14.0. The van der Waals surface area contributed by atoms with Gasteiger partial charge in [-0.3, -0.25) is 4.79 Å². The zero-order chi connectivity index (χ0) is 22.7. The summed E-state index contributed by atoms with van der Waals surface area (Å²) in [5, 5.41) is 9.36. The molecule has 0 radical (unpaired) electrons. The Bertz CT molecular complexity index is 931. The van der Waals surface area contributed by atoms with E-state index in [-0.39, 0.29) is 17.8 Å². The van der Waals surface area contributed by atoms with Gasteiger partial charge >= 0.3 is 5.97 Å². The van der Waals surface area contributed by atoms with Crippen LogP contribution in [-0.2, 0) is 10.2 Å². The Morgan fingerprint density at radius 2 is 1.43 bits per heavy atom. The van der Waals surface area contributed by atoms with Crippen molar-refractivity contribution in [3.05, 3.63) is 64.2 Å². The first-order valence-corrected chi connectivity index (χ1v) is 10.6. The Kier molecular flexibility index (Phi) is 7.12. The van der Waals surface area contributed by atoms with Gasteiger partial charge < -0.3 is 9.84 Å². The first-order valence-electron chi connectivity index (χ1n) is 10.6. The largest absolute Gasteiger partial charge is 0.486 e. The van der Waals surface area contributed by atoms with Gasteiger partial charge in [0.2, 0.25) is 0 Å². The van der Waals surface area contributed by atoms with Crippen LogP contribution in [0, 0.1) is 19.3 Å². The SMILES string of the molecule is CCC(CC)(c1ccc(OCC(=O)C(C)(C)C)c(C)c1)c1ccc(C(=O)O)c(C)c1. The highest BCUT2D eigenvalue weighted by Crippen LogP contribution is 2.41. The van der Waals surface area contributed by atoms with Crippen molar-refractivity contribution in [2.24, 2.45) is 5.41 Å². The average Bonchev–Trinajstić information content (AvgIpc) is 2.67. The van der Waals surface area contributed by atoms with E-state index in [1.54, 1.807) is 6.07 Å². The summed E-state index contributed by atoms with van der Waals surface area (Å²) >= 11 is 0. The van der Waals surface area contributed by atoms with E-state index in [0.717, 1.165) is 35.3 Å². The molecule has 4 heteroatoms. The number of carbonyl (C=O) groups is 2. The number of aryl methyl sites for hydroxylation is 2. The molecule has 0 spiro atoms. The van der Waals surface area contributed by atoms with Crippen LogP contribution in [0.15, 0.2) is 36.4 Å². The summed E-state index contributed by atoms with van der Waals surface area (Å²) in [6, 6.07) is 11.8. The summed E-state index contributed by atoms with van der Waals surface area (Å²) in [5.41, 5.74) is 3.74. The smallest absolute Gasteiger partial charge is 0.335 e. The highest BCUT2D eigenvalue weighted by Gasteiger charge is 2.32. The molecule has 0 amide bonds. The van der Waals surface area contributed by atoms with Crippen LogP contribution < -0.4 is 4.74 Å². The molecule has 30 heavy (non-hydrogen) atoms. The van der Waals surface area contributed by atoms with Crippen LogP contribution in [0.5, 0.6) is 5.75 Å². The summed E-state index contributed by atoms with van der Waals surface area (Å²) in [7, 11) is 0. The molecule has 0 fully saturated rings. The van der Waals surface area contributed by atoms with Gasteiger partial charge in [-0.1, -0.05) is 58.9 Å². The Hall–Kier alpha value is -2.62. The molecule has 0 unspecified atom stereocenters. The first kappa shape index (κ1) is 23.7. The molecule has 0 aliphatic heterocycles. The lowest BCUT2D eigenvalue weighted by Gasteiger charge is -2.34. The Morgan fingerprint density at radius 3 is 1.87 bits per heavy atom. The molecular formula is C26H34O4. The lowest BCUT2D eigenvalue weighted by molar-refractivity contribution is -0.128. The van der Waals surface area contributed by atoms with Gasteiger partial charge in [0.1, 0.15) is 12.4 Å². The minimum Gasteiger partial charge on any atom is -0.486 e. The van der Waals surface area contributed by atoms with Crippen LogP contribution in [0.2, 0.25) is 0 Å². The molecule has 0 bridgehead atoms. The molecule has 4 nitrogen and oxygen atoms in total. The zero-order valence-corrected chi connectivity index (χ0v) is 19.3. The predicted octanol–water partition coefficient (Wildman–Crippen LogP) is 6.10. The molecule has 2 rings (SSSR count). The lowest BCUT2D eigenvalue weighted by atomic mass is 9.70. The summed E-state index contributed by atoms with van der Waals surface area (Å²) < 4.78 is 5.81. The van der Waals surface area contributed by atoms with Crippen LogP contribution in [0.4, 0.5) is 0 Å². The van der Waals surface area contributed by atoms with Crippen molar-refractivity contribution in [2.75, 3.05) is 6.61 Å². The number of carbonyl (C=O) groups excluding carboxylic acids is 1. The standard InChI is InChI=1S/C26H34O4/c1-8-26(9-2,19-10-12-21(24(28)29)17(3)14-19)20-11-13-22(18(4)15-20)30-16-23(27)25(5,6)7/h10-15H,8-9,16H2,1-7H3,(H,28,29). The normalized spacial score (nSPS) is 12.0. The molecule has 2 aromatic carbocycles. The Labute approximate surface area is 180 Å². The van der Waals surface area contributed by atoms with Gasteiger partial charge in [0, 0.05) is 10.8 Å². The molecule has 0 saturated heterocycles. The van der Waals surface area contributed by atoms with E-state index in [1.165, 1.54) is 5.56 Å². The van der Waals surface area contributed by atoms with Crippen LogP contribution in [0.3, 0.4) is 0 Å².